The summed E-state index contributed by atoms with van der Waals surface area (Å²) >= 11 is 0. The van der Waals surface area contributed by atoms with Crippen molar-refractivity contribution in [2.45, 2.75) is 32.7 Å². The lowest BCUT2D eigenvalue weighted by molar-refractivity contribution is 0.332. The lowest BCUT2D eigenvalue weighted by Crippen LogP contribution is -2.32. The maximum atomic E-state index is 13.0. The van der Waals surface area contributed by atoms with Crippen LogP contribution in [0.3, 0.4) is 0 Å². The van der Waals surface area contributed by atoms with E-state index in [-0.39, 0.29) is 5.82 Å². The van der Waals surface area contributed by atoms with E-state index in [1.54, 1.807) is 12.1 Å². The van der Waals surface area contributed by atoms with Crippen LogP contribution in [-0.4, -0.2) is 6.54 Å². The molecule has 2 rings (SSSR count). The van der Waals surface area contributed by atoms with E-state index in [0.29, 0.717) is 6.04 Å². The minimum atomic E-state index is -0.138. The highest BCUT2D eigenvalue weighted by atomic mass is 19.1. The summed E-state index contributed by atoms with van der Waals surface area (Å²) in [5.74, 6) is 0.627. The van der Waals surface area contributed by atoms with Crippen LogP contribution in [0.5, 0.6) is 0 Å². The maximum absolute atomic E-state index is 13.0. The fraction of sp³-hybridized carbons (Fsp3) is 0.538. The van der Waals surface area contributed by atoms with Gasteiger partial charge in [-0.1, -0.05) is 13.0 Å². The molecule has 0 amide bonds. The molecular weight excluding hydrogens is 189 g/mol. The molecule has 1 saturated heterocycles. The van der Waals surface area contributed by atoms with Crippen molar-refractivity contribution < 1.29 is 4.39 Å². The molecule has 0 spiro atoms. The molecule has 1 aromatic carbocycles. The van der Waals surface area contributed by atoms with Gasteiger partial charge in [-0.15, -0.1) is 0 Å². The molecule has 15 heavy (non-hydrogen) atoms. The van der Waals surface area contributed by atoms with Crippen LogP contribution in [0.2, 0.25) is 0 Å². The number of halogens is 1. The maximum Gasteiger partial charge on any atom is 0.123 e. The topological polar surface area (TPSA) is 12.0 Å². The highest BCUT2D eigenvalue weighted by Crippen LogP contribution is 2.27. The first-order chi connectivity index (χ1) is 7.16. The van der Waals surface area contributed by atoms with Crippen molar-refractivity contribution in [1.82, 2.24) is 5.32 Å². The van der Waals surface area contributed by atoms with Crippen molar-refractivity contribution >= 4 is 0 Å². The van der Waals surface area contributed by atoms with Crippen molar-refractivity contribution in [3.05, 3.63) is 35.1 Å². The summed E-state index contributed by atoms with van der Waals surface area (Å²) in [7, 11) is 0. The van der Waals surface area contributed by atoms with E-state index < -0.39 is 0 Å². The fourth-order valence-corrected chi connectivity index (χ4v) is 2.29. The highest BCUT2D eigenvalue weighted by Gasteiger charge is 2.20. The first kappa shape index (κ1) is 10.6. The normalized spacial score (nSPS) is 26.6. The molecule has 1 aliphatic heterocycles. The van der Waals surface area contributed by atoms with Crippen molar-refractivity contribution in [3.8, 4) is 0 Å². The first-order valence-corrected chi connectivity index (χ1v) is 5.66. The summed E-state index contributed by atoms with van der Waals surface area (Å²) in [4.78, 5) is 0. The lowest BCUT2D eigenvalue weighted by atomic mass is 9.90. The molecule has 0 saturated carbocycles. The molecule has 1 aliphatic rings. The molecule has 1 fully saturated rings. The summed E-state index contributed by atoms with van der Waals surface area (Å²) in [6.45, 7) is 5.32. The second-order valence-electron chi connectivity index (χ2n) is 4.64. The van der Waals surface area contributed by atoms with Crippen molar-refractivity contribution in [2.24, 2.45) is 5.92 Å². The molecule has 0 unspecified atom stereocenters. The van der Waals surface area contributed by atoms with Gasteiger partial charge in [-0.3, -0.25) is 0 Å². The molecule has 0 bridgehead atoms. The van der Waals surface area contributed by atoms with Crippen molar-refractivity contribution in [1.29, 1.82) is 0 Å². The van der Waals surface area contributed by atoms with Gasteiger partial charge < -0.3 is 5.32 Å². The van der Waals surface area contributed by atoms with Gasteiger partial charge in [0.15, 0.2) is 0 Å². The lowest BCUT2D eigenvalue weighted by Gasteiger charge is -2.29. The molecular formula is C13H18FN. The number of hydrogen-bond donors (Lipinski definition) is 1. The van der Waals surface area contributed by atoms with Crippen LogP contribution in [0.15, 0.2) is 18.2 Å². The van der Waals surface area contributed by atoms with Gasteiger partial charge in [0, 0.05) is 6.04 Å². The zero-order valence-corrected chi connectivity index (χ0v) is 9.39. The molecule has 0 radical (unpaired) electrons. The van der Waals surface area contributed by atoms with E-state index in [2.05, 4.69) is 12.2 Å². The summed E-state index contributed by atoms with van der Waals surface area (Å²) in [6, 6.07) is 5.51. The molecule has 2 atom stereocenters. The molecule has 1 N–H and O–H groups in total. The molecule has 82 valence electrons. The average Bonchev–Trinajstić information content (AvgIpc) is 2.20. The zero-order valence-electron chi connectivity index (χ0n) is 9.39. The van der Waals surface area contributed by atoms with E-state index in [9.17, 15) is 4.39 Å². The summed E-state index contributed by atoms with van der Waals surface area (Å²) in [6.07, 6.45) is 2.42. The quantitative estimate of drug-likeness (QED) is 0.745. The number of rotatable bonds is 1. The van der Waals surface area contributed by atoms with Crippen LogP contribution in [0.25, 0.3) is 0 Å². The second-order valence-corrected chi connectivity index (χ2v) is 4.64. The number of aryl methyl sites for hydroxylation is 1. The van der Waals surface area contributed by atoms with Gasteiger partial charge in [-0.2, -0.15) is 0 Å². The van der Waals surface area contributed by atoms with Crippen LogP contribution >= 0.6 is 0 Å². The zero-order chi connectivity index (χ0) is 10.8. The van der Waals surface area contributed by atoms with Gasteiger partial charge in [-0.05, 0) is 55.5 Å². The van der Waals surface area contributed by atoms with E-state index in [1.807, 2.05) is 13.0 Å². The van der Waals surface area contributed by atoms with Gasteiger partial charge in [0.05, 0.1) is 0 Å². The SMILES string of the molecule is Cc1cc(F)ccc1[C@H]1CC[C@H](C)CN1. The van der Waals surface area contributed by atoms with Crippen LogP contribution in [0.4, 0.5) is 4.39 Å². The van der Waals surface area contributed by atoms with E-state index in [0.717, 1.165) is 24.4 Å². The number of nitrogens with one attached hydrogen (secondary N) is 1. The molecule has 1 aromatic rings. The van der Waals surface area contributed by atoms with Crippen LogP contribution in [0, 0.1) is 18.7 Å². The standard InChI is InChI=1S/C13H18FN/c1-9-3-6-13(15-8-9)12-5-4-11(14)7-10(12)2/h4-5,7,9,13,15H,3,6,8H2,1-2H3/t9-,13+/m0/s1. The molecule has 1 heterocycles. The van der Waals surface area contributed by atoms with Crippen LogP contribution in [0.1, 0.15) is 36.9 Å². The van der Waals surface area contributed by atoms with E-state index in [4.69, 9.17) is 0 Å². The van der Waals surface area contributed by atoms with Gasteiger partial charge >= 0.3 is 0 Å². The number of hydrogen-bond acceptors (Lipinski definition) is 1. The molecule has 2 heteroatoms. The Kier molecular flexibility index (Phi) is 3.06. The average molecular weight is 207 g/mol. The van der Waals surface area contributed by atoms with Gasteiger partial charge in [0.2, 0.25) is 0 Å². The molecule has 1 nitrogen and oxygen atoms in total. The Bertz CT molecular complexity index is 340. The molecule has 0 aliphatic carbocycles. The fourth-order valence-electron chi connectivity index (χ4n) is 2.29. The number of piperidine rings is 1. The first-order valence-electron chi connectivity index (χ1n) is 5.66. The monoisotopic (exact) mass is 207 g/mol. The third-order valence-electron chi connectivity index (χ3n) is 3.27. The Labute approximate surface area is 90.7 Å². The Hall–Kier alpha value is -0.890. The predicted molar refractivity (Wildman–Crippen MR) is 60.3 cm³/mol. The third-order valence-corrected chi connectivity index (χ3v) is 3.27. The smallest absolute Gasteiger partial charge is 0.123 e. The summed E-state index contributed by atoms with van der Waals surface area (Å²) < 4.78 is 13.0. The Morgan fingerprint density at radius 2 is 2.13 bits per heavy atom. The minimum Gasteiger partial charge on any atom is -0.310 e. The van der Waals surface area contributed by atoms with E-state index >= 15 is 0 Å². The van der Waals surface area contributed by atoms with Crippen molar-refractivity contribution in [2.75, 3.05) is 6.54 Å². The second kappa shape index (κ2) is 4.31. The Morgan fingerprint density at radius 3 is 2.73 bits per heavy atom. The summed E-state index contributed by atoms with van der Waals surface area (Å²) in [5, 5.41) is 3.52. The Morgan fingerprint density at radius 1 is 1.33 bits per heavy atom. The summed E-state index contributed by atoms with van der Waals surface area (Å²) in [5.41, 5.74) is 2.31. The highest BCUT2D eigenvalue weighted by molar-refractivity contribution is 5.29. The third kappa shape index (κ3) is 2.37. The number of benzene rings is 1. The van der Waals surface area contributed by atoms with Crippen LogP contribution in [-0.2, 0) is 0 Å². The van der Waals surface area contributed by atoms with E-state index in [1.165, 1.54) is 12.0 Å². The largest absolute Gasteiger partial charge is 0.310 e. The van der Waals surface area contributed by atoms with Crippen LogP contribution < -0.4 is 5.32 Å². The predicted octanol–water partition coefficient (Wildman–Crippen LogP) is 3.19. The van der Waals surface area contributed by atoms with Gasteiger partial charge in [-0.25, -0.2) is 4.39 Å². The van der Waals surface area contributed by atoms with Gasteiger partial charge in [0.25, 0.3) is 0 Å². The van der Waals surface area contributed by atoms with Gasteiger partial charge in [0.1, 0.15) is 5.82 Å². The Balaban J connectivity index is 2.15. The van der Waals surface area contributed by atoms with Crippen molar-refractivity contribution in [3.63, 3.8) is 0 Å². The minimum absolute atomic E-state index is 0.138. The molecule has 0 aromatic heterocycles.